The molecule has 2 heterocycles. The van der Waals surface area contributed by atoms with E-state index in [1.54, 1.807) is 12.3 Å². The van der Waals surface area contributed by atoms with E-state index in [-0.39, 0.29) is 18.7 Å². The van der Waals surface area contributed by atoms with Gasteiger partial charge in [0, 0.05) is 12.7 Å². The van der Waals surface area contributed by atoms with Gasteiger partial charge in [0.1, 0.15) is 11.4 Å². The number of hydrogen-bond acceptors (Lipinski definition) is 4. The molecule has 1 aliphatic heterocycles. The third kappa shape index (κ3) is 3.78. The minimum absolute atomic E-state index is 0.0137. The molecule has 1 N–H and O–H groups in total. The molecule has 0 radical (unpaired) electrons. The molecule has 146 valence electrons. The first-order chi connectivity index (χ1) is 12.7. The van der Waals surface area contributed by atoms with Crippen molar-refractivity contribution in [3.05, 3.63) is 41.7 Å². The van der Waals surface area contributed by atoms with Crippen LogP contribution in [0.5, 0.6) is 5.75 Å². The standard InChI is InChI=1S/C18H20F3N3O3/c1-11-5-6-15(27-2)14(10-11)24-9-7-12(22-24)17(26)23-8-3-4-13(23)16(25)18(19,20)21/h5-7,9-10,13,16,25H,3-4,8H2,1-2H3/t13-,16-/m1/s1. The van der Waals surface area contributed by atoms with Crippen molar-refractivity contribution in [3.8, 4) is 11.4 Å². The maximum atomic E-state index is 12.9. The number of carbonyl (C=O) groups is 1. The fourth-order valence-electron chi connectivity index (χ4n) is 3.29. The smallest absolute Gasteiger partial charge is 0.416 e. The molecule has 0 spiro atoms. The summed E-state index contributed by atoms with van der Waals surface area (Å²) < 4.78 is 45.3. The Morgan fingerprint density at radius 3 is 2.78 bits per heavy atom. The van der Waals surface area contributed by atoms with E-state index >= 15 is 0 Å². The minimum Gasteiger partial charge on any atom is -0.494 e. The maximum absolute atomic E-state index is 12.9. The van der Waals surface area contributed by atoms with Crippen LogP contribution in [0.3, 0.4) is 0 Å². The zero-order chi connectivity index (χ0) is 19.8. The van der Waals surface area contributed by atoms with E-state index in [4.69, 9.17) is 4.74 Å². The number of ether oxygens (including phenoxy) is 1. The van der Waals surface area contributed by atoms with Crippen LogP contribution in [0.25, 0.3) is 5.69 Å². The van der Waals surface area contributed by atoms with Gasteiger partial charge in [0.2, 0.25) is 0 Å². The zero-order valence-electron chi connectivity index (χ0n) is 14.9. The number of aromatic nitrogens is 2. The van der Waals surface area contributed by atoms with Crippen LogP contribution >= 0.6 is 0 Å². The topological polar surface area (TPSA) is 67.6 Å². The molecule has 2 aromatic rings. The molecule has 6 nitrogen and oxygen atoms in total. The Morgan fingerprint density at radius 2 is 2.11 bits per heavy atom. The summed E-state index contributed by atoms with van der Waals surface area (Å²) in [6.07, 6.45) is -5.30. The van der Waals surface area contributed by atoms with Crippen molar-refractivity contribution in [2.24, 2.45) is 0 Å². The number of carbonyl (C=O) groups excluding carboxylic acids is 1. The first kappa shape index (κ1) is 19.2. The largest absolute Gasteiger partial charge is 0.494 e. The molecule has 0 unspecified atom stereocenters. The van der Waals surface area contributed by atoms with Gasteiger partial charge in [0.15, 0.2) is 11.8 Å². The predicted molar refractivity (Wildman–Crippen MR) is 91.0 cm³/mol. The van der Waals surface area contributed by atoms with E-state index in [1.165, 1.54) is 17.9 Å². The third-order valence-electron chi connectivity index (χ3n) is 4.65. The number of nitrogens with zero attached hydrogens (tertiary/aromatic N) is 3. The van der Waals surface area contributed by atoms with Crippen LogP contribution in [0.1, 0.15) is 28.9 Å². The molecule has 27 heavy (non-hydrogen) atoms. The van der Waals surface area contributed by atoms with Crippen LogP contribution < -0.4 is 4.74 Å². The van der Waals surface area contributed by atoms with Crippen molar-refractivity contribution in [1.82, 2.24) is 14.7 Å². The summed E-state index contributed by atoms with van der Waals surface area (Å²) in [7, 11) is 1.51. The van der Waals surface area contributed by atoms with Gasteiger partial charge in [-0.15, -0.1) is 0 Å². The van der Waals surface area contributed by atoms with Crippen molar-refractivity contribution < 1.29 is 27.8 Å². The molecule has 1 fully saturated rings. The molecule has 1 amide bonds. The van der Waals surface area contributed by atoms with E-state index in [2.05, 4.69) is 5.10 Å². The first-order valence-corrected chi connectivity index (χ1v) is 8.49. The normalized spacial score (nSPS) is 18.6. The number of likely N-dealkylation sites (tertiary alicyclic amines) is 1. The summed E-state index contributed by atoms with van der Waals surface area (Å²) in [6.45, 7) is 2.04. The maximum Gasteiger partial charge on any atom is 0.416 e. The Labute approximate surface area is 154 Å². The average Bonchev–Trinajstić information content (AvgIpc) is 3.29. The van der Waals surface area contributed by atoms with Crippen LogP contribution in [0.4, 0.5) is 13.2 Å². The number of alkyl halides is 3. The van der Waals surface area contributed by atoms with Crippen molar-refractivity contribution in [2.75, 3.05) is 13.7 Å². The molecule has 0 bridgehead atoms. The number of halogens is 3. The number of amides is 1. The SMILES string of the molecule is COc1ccc(C)cc1-n1ccc(C(=O)N2CCC[C@@H]2[C@@H](O)C(F)(F)F)n1. The van der Waals surface area contributed by atoms with E-state index < -0.39 is 24.2 Å². The van der Waals surface area contributed by atoms with Gasteiger partial charge in [-0.05, 0) is 43.5 Å². The van der Waals surface area contributed by atoms with Gasteiger partial charge in [-0.3, -0.25) is 4.79 Å². The molecule has 1 aromatic carbocycles. The Kier molecular flexibility index (Phi) is 5.14. The quantitative estimate of drug-likeness (QED) is 0.882. The van der Waals surface area contributed by atoms with Gasteiger partial charge in [0.25, 0.3) is 5.91 Å². The molecular weight excluding hydrogens is 363 g/mol. The summed E-state index contributed by atoms with van der Waals surface area (Å²) in [5.74, 6) is -0.0830. The summed E-state index contributed by atoms with van der Waals surface area (Å²) >= 11 is 0. The second-order valence-corrected chi connectivity index (χ2v) is 6.52. The Balaban J connectivity index is 1.86. The second-order valence-electron chi connectivity index (χ2n) is 6.52. The highest BCUT2D eigenvalue weighted by molar-refractivity contribution is 5.92. The molecular formula is C18H20F3N3O3. The average molecular weight is 383 g/mol. The number of aliphatic hydroxyl groups is 1. The molecule has 9 heteroatoms. The van der Waals surface area contributed by atoms with E-state index in [9.17, 15) is 23.1 Å². The number of rotatable bonds is 4. The van der Waals surface area contributed by atoms with Gasteiger partial charge in [0.05, 0.1) is 13.2 Å². The molecule has 1 saturated heterocycles. The van der Waals surface area contributed by atoms with E-state index in [1.807, 2.05) is 19.1 Å². The van der Waals surface area contributed by atoms with Gasteiger partial charge in [-0.1, -0.05) is 6.07 Å². The molecule has 1 aliphatic rings. The number of aryl methyl sites for hydroxylation is 1. The van der Waals surface area contributed by atoms with Crippen LogP contribution in [-0.4, -0.2) is 57.7 Å². The van der Waals surface area contributed by atoms with Gasteiger partial charge in [-0.25, -0.2) is 4.68 Å². The molecule has 2 atom stereocenters. The van der Waals surface area contributed by atoms with Gasteiger partial charge in [-0.2, -0.15) is 18.3 Å². The Hall–Kier alpha value is -2.55. The predicted octanol–water partition coefficient (Wildman–Crippen LogP) is 2.72. The Bertz CT molecular complexity index is 835. The number of hydrogen-bond donors (Lipinski definition) is 1. The minimum atomic E-state index is -4.78. The first-order valence-electron chi connectivity index (χ1n) is 8.49. The van der Waals surface area contributed by atoms with Crippen LogP contribution in [0.15, 0.2) is 30.5 Å². The lowest BCUT2D eigenvalue weighted by Gasteiger charge is -2.29. The monoisotopic (exact) mass is 383 g/mol. The van der Waals surface area contributed by atoms with Crippen molar-refractivity contribution >= 4 is 5.91 Å². The number of benzene rings is 1. The van der Waals surface area contributed by atoms with E-state index in [0.717, 1.165) is 10.5 Å². The highest BCUT2D eigenvalue weighted by atomic mass is 19.4. The molecule has 0 saturated carbocycles. The highest BCUT2D eigenvalue weighted by Gasteiger charge is 2.48. The zero-order valence-corrected chi connectivity index (χ0v) is 14.9. The molecule has 1 aromatic heterocycles. The van der Waals surface area contributed by atoms with E-state index in [0.29, 0.717) is 17.9 Å². The highest BCUT2D eigenvalue weighted by Crippen LogP contribution is 2.31. The summed E-state index contributed by atoms with van der Waals surface area (Å²) in [4.78, 5) is 13.7. The molecule has 3 rings (SSSR count). The lowest BCUT2D eigenvalue weighted by atomic mass is 10.1. The Morgan fingerprint density at radius 1 is 1.37 bits per heavy atom. The number of methoxy groups -OCH3 is 1. The van der Waals surface area contributed by atoms with Crippen molar-refractivity contribution in [3.63, 3.8) is 0 Å². The van der Waals surface area contributed by atoms with Crippen molar-refractivity contribution in [2.45, 2.75) is 38.1 Å². The van der Waals surface area contributed by atoms with Crippen molar-refractivity contribution in [1.29, 1.82) is 0 Å². The van der Waals surface area contributed by atoms with Crippen LogP contribution in [-0.2, 0) is 0 Å². The lowest BCUT2D eigenvalue weighted by molar-refractivity contribution is -0.216. The fraction of sp³-hybridized carbons (Fsp3) is 0.444. The second kappa shape index (κ2) is 7.22. The summed E-state index contributed by atoms with van der Waals surface area (Å²) in [5, 5.41) is 13.8. The van der Waals surface area contributed by atoms with Crippen LogP contribution in [0.2, 0.25) is 0 Å². The summed E-state index contributed by atoms with van der Waals surface area (Å²) in [6, 6.07) is 5.61. The molecule has 0 aliphatic carbocycles. The third-order valence-corrected chi connectivity index (χ3v) is 4.65. The summed E-state index contributed by atoms with van der Waals surface area (Å²) in [5.41, 5.74) is 1.59. The van der Waals surface area contributed by atoms with Gasteiger partial charge < -0.3 is 14.7 Å². The lowest BCUT2D eigenvalue weighted by Crippen LogP contribution is -2.49. The fourth-order valence-corrected chi connectivity index (χ4v) is 3.29. The van der Waals surface area contributed by atoms with Gasteiger partial charge >= 0.3 is 6.18 Å². The van der Waals surface area contributed by atoms with Crippen LogP contribution in [0, 0.1) is 6.92 Å². The number of aliphatic hydroxyl groups excluding tert-OH is 1.